The van der Waals surface area contributed by atoms with Crippen LogP contribution in [-0.4, -0.2) is 66.3 Å². The fourth-order valence-electron chi connectivity index (χ4n) is 2.82. The second-order valence-corrected chi connectivity index (χ2v) is 8.08. The Morgan fingerprint density at radius 2 is 1.74 bits per heavy atom. The minimum absolute atomic E-state index is 0.218. The summed E-state index contributed by atoms with van der Waals surface area (Å²) in [7, 11) is -3.60. The number of ether oxygens (including phenoxy) is 1. The second-order valence-electron chi connectivity index (χ2n) is 6.14. The van der Waals surface area contributed by atoms with E-state index < -0.39 is 10.0 Å². The number of piperazine rings is 1. The van der Waals surface area contributed by atoms with Crippen molar-refractivity contribution in [3.05, 3.63) is 48.0 Å². The van der Waals surface area contributed by atoms with Gasteiger partial charge in [0.2, 0.25) is 10.0 Å². The van der Waals surface area contributed by atoms with E-state index in [0.717, 1.165) is 5.69 Å². The average molecular weight is 390 g/mol. The molecule has 144 valence electrons. The molecule has 27 heavy (non-hydrogen) atoms. The summed E-state index contributed by atoms with van der Waals surface area (Å²) < 4.78 is 32.3. The number of aromatic nitrogens is 2. The van der Waals surface area contributed by atoms with E-state index in [9.17, 15) is 13.2 Å². The molecule has 0 unspecified atom stereocenters. The molecule has 1 fully saturated rings. The Kier molecular flexibility index (Phi) is 5.71. The lowest BCUT2D eigenvalue weighted by Gasteiger charge is -2.33. The van der Waals surface area contributed by atoms with E-state index in [1.807, 2.05) is 6.92 Å². The van der Waals surface area contributed by atoms with E-state index in [1.165, 1.54) is 10.5 Å². The van der Waals surface area contributed by atoms with Crippen molar-refractivity contribution in [2.24, 2.45) is 0 Å². The first-order chi connectivity index (χ1) is 12.9. The zero-order valence-electron chi connectivity index (χ0n) is 15.3. The van der Waals surface area contributed by atoms with Gasteiger partial charge in [0.1, 0.15) is 11.4 Å². The van der Waals surface area contributed by atoms with E-state index in [1.54, 1.807) is 42.3 Å². The van der Waals surface area contributed by atoms with Crippen LogP contribution in [-0.2, 0) is 10.0 Å². The van der Waals surface area contributed by atoms with Crippen LogP contribution in [0.2, 0.25) is 0 Å². The molecule has 1 aromatic carbocycles. The zero-order chi connectivity index (χ0) is 19.4. The number of benzene rings is 1. The first-order valence-corrected chi connectivity index (χ1v) is 10.2. The van der Waals surface area contributed by atoms with Crippen LogP contribution in [0.15, 0.2) is 41.6 Å². The largest absolute Gasteiger partial charge is 0.494 e. The summed E-state index contributed by atoms with van der Waals surface area (Å²) >= 11 is 0. The molecule has 0 N–H and O–H groups in total. The Bertz CT molecular complexity index is 890. The molecule has 2 aromatic rings. The highest BCUT2D eigenvalue weighted by atomic mass is 32.2. The minimum atomic E-state index is -3.60. The Labute approximate surface area is 158 Å². The van der Waals surface area contributed by atoms with Crippen LogP contribution in [0.4, 0.5) is 0 Å². The van der Waals surface area contributed by atoms with Gasteiger partial charge in [-0.15, -0.1) is 0 Å². The number of sulfonamides is 1. The fourth-order valence-corrected chi connectivity index (χ4v) is 4.24. The van der Waals surface area contributed by atoms with Crippen molar-refractivity contribution in [3.8, 4) is 5.75 Å². The van der Waals surface area contributed by atoms with Gasteiger partial charge in [0.05, 0.1) is 23.4 Å². The van der Waals surface area contributed by atoms with Crippen LogP contribution < -0.4 is 4.74 Å². The van der Waals surface area contributed by atoms with Gasteiger partial charge in [-0.1, -0.05) is 0 Å². The average Bonchev–Trinajstić information content (AvgIpc) is 2.69. The maximum absolute atomic E-state index is 12.8. The number of carbonyl (C=O) groups excluding carboxylic acids is 1. The maximum Gasteiger partial charge on any atom is 0.274 e. The van der Waals surface area contributed by atoms with Gasteiger partial charge in [-0.3, -0.25) is 9.78 Å². The molecular weight excluding hydrogens is 368 g/mol. The van der Waals surface area contributed by atoms with Gasteiger partial charge < -0.3 is 9.64 Å². The SMILES string of the molecule is CCOc1ccc(S(=O)(=O)N2CCN(C(=O)c3cnc(C)cn3)CC2)cc1. The summed E-state index contributed by atoms with van der Waals surface area (Å²) in [6.07, 6.45) is 2.99. The molecule has 1 amide bonds. The lowest BCUT2D eigenvalue weighted by Crippen LogP contribution is -2.50. The monoisotopic (exact) mass is 390 g/mol. The Morgan fingerprint density at radius 1 is 1.07 bits per heavy atom. The quantitative estimate of drug-likeness (QED) is 0.765. The van der Waals surface area contributed by atoms with Crippen molar-refractivity contribution in [1.29, 1.82) is 0 Å². The summed E-state index contributed by atoms with van der Waals surface area (Å²) in [4.78, 5) is 22.5. The number of hydrogen-bond acceptors (Lipinski definition) is 6. The van der Waals surface area contributed by atoms with Crippen LogP contribution in [0.25, 0.3) is 0 Å². The predicted molar refractivity (Wildman–Crippen MR) is 99.0 cm³/mol. The zero-order valence-corrected chi connectivity index (χ0v) is 16.1. The topological polar surface area (TPSA) is 92.7 Å². The van der Waals surface area contributed by atoms with Gasteiger partial charge in [-0.2, -0.15) is 4.31 Å². The van der Waals surface area contributed by atoms with Gasteiger partial charge in [0.25, 0.3) is 5.91 Å². The molecule has 0 aliphatic carbocycles. The van der Waals surface area contributed by atoms with Gasteiger partial charge in [-0.05, 0) is 38.1 Å². The molecule has 3 rings (SSSR count). The number of hydrogen-bond donors (Lipinski definition) is 0. The van der Waals surface area contributed by atoms with Crippen molar-refractivity contribution in [2.75, 3.05) is 32.8 Å². The van der Waals surface area contributed by atoms with Crippen molar-refractivity contribution in [1.82, 2.24) is 19.2 Å². The predicted octanol–water partition coefficient (Wildman–Crippen LogP) is 1.33. The van der Waals surface area contributed by atoms with Crippen LogP contribution in [0.1, 0.15) is 23.1 Å². The molecule has 0 spiro atoms. The highest BCUT2D eigenvalue weighted by molar-refractivity contribution is 7.89. The molecule has 8 nitrogen and oxygen atoms in total. The molecule has 0 atom stereocenters. The first kappa shape index (κ1) is 19.2. The molecule has 1 aliphatic rings. The van der Waals surface area contributed by atoms with Crippen LogP contribution in [0, 0.1) is 6.92 Å². The number of aryl methyl sites for hydroxylation is 1. The highest BCUT2D eigenvalue weighted by Gasteiger charge is 2.30. The number of rotatable bonds is 5. The summed E-state index contributed by atoms with van der Waals surface area (Å²) in [5.74, 6) is 0.395. The standard InChI is InChI=1S/C18H22N4O4S/c1-3-26-15-4-6-16(7-5-15)27(24,25)22-10-8-21(9-11-22)18(23)17-13-19-14(2)12-20-17/h4-7,12-13H,3,8-11H2,1-2H3. The number of nitrogens with zero attached hydrogens (tertiary/aromatic N) is 4. The van der Waals surface area contributed by atoms with Crippen molar-refractivity contribution in [2.45, 2.75) is 18.7 Å². The van der Waals surface area contributed by atoms with Crippen LogP contribution in [0.5, 0.6) is 5.75 Å². The Hall–Kier alpha value is -2.52. The number of amides is 1. The molecule has 0 bridgehead atoms. The maximum atomic E-state index is 12.8. The second kappa shape index (κ2) is 8.01. The van der Waals surface area contributed by atoms with Crippen LogP contribution in [0.3, 0.4) is 0 Å². The Balaban J connectivity index is 1.65. The fraction of sp³-hybridized carbons (Fsp3) is 0.389. The van der Waals surface area contributed by atoms with Gasteiger partial charge in [0, 0.05) is 32.4 Å². The molecule has 0 radical (unpaired) electrons. The molecule has 0 saturated carbocycles. The summed E-state index contributed by atoms with van der Waals surface area (Å²) in [5, 5.41) is 0. The van der Waals surface area contributed by atoms with E-state index >= 15 is 0 Å². The van der Waals surface area contributed by atoms with E-state index in [2.05, 4.69) is 9.97 Å². The van der Waals surface area contributed by atoms with Crippen molar-refractivity contribution < 1.29 is 17.9 Å². The third-order valence-electron chi connectivity index (χ3n) is 4.30. The lowest BCUT2D eigenvalue weighted by molar-refractivity contribution is 0.0691. The normalized spacial score (nSPS) is 15.6. The van der Waals surface area contributed by atoms with Crippen molar-refractivity contribution in [3.63, 3.8) is 0 Å². The summed E-state index contributed by atoms with van der Waals surface area (Å²) in [5.41, 5.74) is 1.00. The summed E-state index contributed by atoms with van der Waals surface area (Å²) in [6.45, 7) is 5.28. The third-order valence-corrected chi connectivity index (χ3v) is 6.21. The van der Waals surface area contributed by atoms with Crippen LogP contribution >= 0.6 is 0 Å². The molecule has 2 heterocycles. The minimum Gasteiger partial charge on any atom is -0.494 e. The van der Waals surface area contributed by atoms with E-state index in [-0.39, 0.29) is 29.6 Å². The number of carbonyl (C=O) groups is 1. The van der Waals surface area contributed by atoms with E-state index in [4.69, 9.17) is 4.74 Å². The Morgan fingerprint density at radius 3 is 2.30 bits per heavy atom. The van der Waals surface area contributed by atoms with Crippen molar-refractivity contribution >= 4 is 15.9 Å². The molecule has 1 aromatic heterocycles. The highest BCUT2D eigenvalue weighted by Crippen LogP contribution is 2.21. The molecule has 9 heteroatoms. The first-order valence-electron chi connectivity index (χ1n) is 8.72. The van der Waals surface area contributed by atoms with Gasteiger partial charge >= 0.3 is 0 Å². The molecule has 1 aliphatic heterocycles. The van der Waals surface area contributed by atoms with Gasteiger partial charge in [-0.25, -0.2) is 13.4 Å². The molecular formula is C18H22N4O4S. The summed E-state index contributed by atoms with van der Waals surface area (Å²) in [6, 6.07) is 6.37. The molecule has 1 saturated heterocycles. The van der Waals surface area contributed by atoms with Gasteiger partial charge in [0.15, 0.2) is 0 Å². The lowest BCUT2D eigenvalue weighted by atomic mass is 10.3. The third kappa shape index (κ3) is 4.25. The smallest absolute Gasteiger partial charge is 0.274 e. The van der Waals surface area contributed by atoms with E-state index in [0.29, 0.717) is 25.4 Å².